The molecule has 0 aliphatic heterocycles. The van der Waals surface area contributed by atoms with Crippen LogP contribution in [0.3, 0.4) is 0 Å². The molecule has 1 aromatic heterocycles. The van der Waals surface area contributed by atoms with Crippen LogP contribution in [0.25, 0.3) is 11.5 Å². The fraction of sp³-hybridized carbons (Fsp3) is 0.200. The Morgan fingerprint density at radius 2 is 1.85 bits per heavy atom. The quantitative estimate of drug-likeness (QED) is 0.708. The standard InChI is InChI=1S/C20H17F3N2O2/c1-13-17(25-19(27-13)14-6-3-2-4-7-14)10-11-24-18(26)15-8-5-9-16(12-15)20(21,22)23/h2-9,12H,10-11H2,1H3,(H,24,26). The molecule has 0 spiro atoms. The predicted molar refractivity (Wildman–Crippen MR) is 94.2 cm³/mol. The second-order valence-corrected chi connectivity index (χ2v) is 5.97. The van der Waals surface area contributed by atoms with Crippen LogP contribution in [0.4, 0.5) is 13.2 Å². The molecule has 0 atom stereocenters. The number of alkyl halides is 3. The molecule has 0 aliphatic rings. The van der Waals surface area contributed by atoms with Crippen LogP contribution in [0.15, 0.2) is 59.0 Å². The van der Waals surface area contributed by atoms with E-state index in [9.17, 15) is 18.0 Å². The summed E-state index contributed by atoms with van der Waals surface area (Å²) in [6, 6.07) is 13.7. The zero-order chi connectivity index (χ0) is 19.4. The van der Waals surface area contributed by atoms with Gasteiger partial charge in [0.15, 0.2) is 0 Å². The Morgan fingerprint density at radius 3 is 2.56 bits per heavy atom. The number of benzene rings is 2. The topological polar surface area (TPSA) is 55.1 Å². The van der Waals surface area contributed by atoms with Crippen molar-refractivity contribution in [3.8, 4) is 11.5 Å². The summed E-state index contributed by atoms with van der Waals surface area (Å²) in [4.78, 5) is 16.5. The summed E-state index contributed by atoms with van der Waals surface area (Å²) in [6.07, 6.45) is -4.07. The minimum Gasteiger partial charge on any atom is -0.441 e. The number of rotatable bonds is 5. The number of carbonyl (C=O) groups is 1. The minimum atomic E-state index is -4.48. The molecule has 0 saturated carbocycles. The molecule has 0 fully saturated rings. The van der Waals surface area contributed by atoms with E-state index in [2.05, 4.69) is 10.3 Å². The molecule has 3 rings (SSSR count). The maximum atomic E-state index is 12.7. The van der Waals surface area contributed by atoms with Crippen LogP contribution in [0.5, 0.6) is 0 Å². The summed E-state index contributed by atoms with van der Waals surface area (Å²) in [5, 5.41) is 2.61. The van der Waals surface area contributed by atoms with Crippen LogP contribution in [0, 0.1) is 6.92 Å². The van der Waals surface area contributed by atoms with Gasteiger partial charge in [0.2, 0.25) is 5.89 Å². The van der Waals surface area contributed by atoms with Gasteiger partial charge >= 0.3 is 6.18 Å². The zero-order valence-corrected chi connectivity index (χ0v) is 14.5. The smallest absolute Gasteiger partial charge is 0.416 e. The van der Waals surface area contributed by atoms with Gasteiger partial charge in [-0.3, -0.25) is 4.79 Å². The Labute approximate surface area is 154 Å². The van der Waals surface area contributed by atoms with Crippen LogP contribution in [-0.2, 0) is 12.6 Å². The summed E-state index contributed by atoms with van der Waals surface area (Å²) in [7, 11) is 0. The lowest BCUT2D eigenvalue weighted by molar-refractivity contribution is -0.137. The van der Waals surface area contributed by atoms with Crippen LogP contribution >= 0.6 is 0 Å². The van der Waals surface area contributed by atoms with Crippen molar-refractivity contribution >= 4 is 5.91 Å². The summed E-state index contributed by atoms with van der Waals surface area (Å²) in [5.41, 5.74) is 0.653. The van der Waals surface area contributed by atoms with E-state index in [4.69, 9.17) is 4.42 Å². The van der Waals surface area contributed by atoms with Gasteiger partial charge in [-0.05, 0) is 37.3 Å². The normalized spacial score (nSPS) is 11.4. The molecule has 2 aromatic carbocycles. The highest BCUT2D eigenvalue weighted by Crippen LogP contribution is 2.29. The maximum absolute atomic E-state index is 12.7. The van der Waals surface area contributed by atoms with Gasteiger partial charge in [0.05, 0.1) is 11.3 Å². The predicted octanol–water partition coefficient (Wildman–Crippen LogP) is 4.64. The van der Waals surface area contributed by atoms with E-state index in [1.807, 2.05) is 30.3 Å². The zero-order valence-electron chi connectivity index (χ0n) is 14.5. The number of aromatic nitrogens is 1. The SMILES string of the molecule is Cc1oc(-c2ccccc2)nc1CCNC(=O)c1cccc(C(F)(F)F)c1. The Kier molecular flexibility index (Phi) is 5.30. The van der Waals surface area contributed by atoms with Crippen LogP contribution in [-0.4, -0.2) is 17.4 Å². The monoisotopic (exact) mass is 374 g/mol. The van der Waals surface area contributed by atoms with Crippen LogP contribution in [0.1, 0.15) is 27.4 Å². The molecular formula is C20H17F3N2O2. The van der Waals surface area contributed by atoms with E-state index in [-0.39, 0.29) is 12.1 Å². The van der Waals surface area contributed by atoms with Crippen molar-refractivity contribution in [2.75, 3.05) is 6.54 Å². The first-order valence-electron chi connectivity index (χ1n) is 8.32. The summed E-state index contributed by atoms with van der Waals surface area (Å²) in [6.45, 7) is 2.01. The third-order valence-electron chi connectivity index (χ3n) is 4.01. The van der Waals surface area contributed by atoms with E-state index < -0.39 is 17.6 Å². The van der Waals surface area contributed by atoms with E-state index in [1.54, 1.807) is 6.92 Å². The van der Waals surface area contributed by atoms with Gasteiger partial charge in [-0.2, -0.15) is 13.2 Å². The first-order chi connectivity index (χ1) is 12.8. The fourth-order valence-corrected chi connectivity index (χ4v) is 2.60. The first kappa shape index (κ1) is 18.7. The van der Waals surface area contributed by atoms with Crippen molar-refractivity contribution in [3.63, 3.8) is 0 Å². The highest BCUT2D eigenvalue weighted by Gasteiger charge is 2.30. The van der Waals surface area contributed by atoms with E-state index >= 15 is 0 Å². The summed E-state index contributed by atoms with van der Waals surface area (Å²) < 4.78 is 43.9. The van der Waals surface area contributed by atoms with Crippen molar-refractivity contribution in [1.29, 1.82) is 0 Å². The van der Waals surface area contributed by atoms with Crippen molar-refractivity contribution in [2.24, 2.45) is 0 Å². The molecule has 0 radical (unpaired) electrons. The number of hydrogen-bond donors (Lipinski definition) is 1. The second kappa shape index (κ2) is 7.65. The average Bonchev–Trinajstić information content (AvgIpc) is 3.02. The van der Waals surface area contributed by atoms with Crippen molar-refractivity contribution < 1.29 is 22.4 Å². The summed E-state index contributed by atoms with van der Waals surface area (Å²) >= 11 is 0. The maximum Gasteiger partial charge on any atom is 0.416 e. The Morgan fingerprint density at radius 1 is 1.11 bits per heavy atom. The highest BCUT2D eigenvalue weighted by molar-refractivity contribution is 5.94. The van der Waals surface area contributed by atoms with Gasteiger partial charge < -0.3 is 9.73 Å². The minimum absolute atomic E-state index is 0.0355. The number of aryl methyl sites for hydroxylation is 1. The number of hydrogen-bond acceptors (Lipinski definition) is 3. The van der Waals surface area contributed by atoms with Crippen molar-refractivity contribution in [2.45, 2.75) is 19.5 Å². The third-order valence-corrected chi connectivity index (χ3v) is 4.01. The molecular weight excluding hydrogens is 357 g/mol. The number of nitrogens with zero attached hydrogens (tertiary/aromatic N) is 1. The second-order valence-electron chi connectivity index (χ2n) is 5.97. The van der Waals surface area contributed by atoms with Gasteiger partial charge in [-0.1, -0.05) is 24.3 Å². The number of amides is 1. The van der Waals surface area contributed by atoms with E-state index in [0.29, 0.717) is 23.8 Å². The molecule has 3 aromatic rings. The highest BCUT2D eigenvalue weighted by atomic mass is 19.4. The fourth-order valence-electron chi connectivity index (χ4n) is 2.60. The van der Waals surface area contributed by atoms with Gasteiger partial charge in [-0.25, -0.2) is 4.98 Å². The van der Waals surface area contributed by atoms with Crippen molar-refractivity contribution in [1.82, 2.24) is 10.3 Å². The van der Waals surface area contributed by atoms with Crippen molar-refractivity contribution in [3.05, 3.63) is 77.2 Å². The molecule has 1 amide bonds. The van der Waals surface area contributed by atoms with Crippen LogP contribution in [0.2, 0.25) is 0 Å². The Bertz CT molecular complexity index is 934. The lowest BCUT2D eigenvalue weighted by atomic mass is 10.1. The van der Waals surface area contributed by atoms with Gasteiger partial charge in [0, 0.05) is 24.1 Å². The van der Waals surface area contributed by atoms with Gasteiger partial charge in [-0.15, -0.1) is 0 Å². The lowest BCUT2D eigenvalue weighted by Gasteiger charge is -2.09. The van der Waals surface area contributed by atoms with Gasteiger partial charge in [0.1, 0.15) is 5.76 Å². The first-order valence-corrected chi connectivity index (χ1v) is 8.32. The van der Waals surface area contributed by atoms with E-state index in [0.717, 1.165) is 17.7 Å². The third kappa shape index (κ3) is 4.55. The molecule has 140 valence electrons. The van der Waals surface area contributed by atoms with Crippen LogP contribution < -0.4 is 5.32 Å². The molecule has 4 nitrogen and oxygen atoms in total. The Hall–Kier alpha value is -3.09. The molecule has 0 unspecified atom stereocenters. The molecule has 0 aliphatic carbocycles. The average molecular weight is 374 g/mol. The molecule has 0 saturated heterocycles. The number of oxazole rings is 1. The van der Waals surface area contributed by atoms with E-state index in [1.165, 1.54) is 12.1 Å². The molecule has 7 heteroatoms. The number of carbonyl (C=O) groups excluding carboxylic acids is 1. The molecule has 27 heavy (non-hydrogen) atoms. The molecule has 0 bridgehead atoms. The molecule has 1 N–H and O–H groups in total. The van der Waals surface area contributed by atoms with Gasteiger partial charge in [0.25, 0.3) is 5.91 Å². The number of nitrogens with one attached hydrogen (secondary N) is 1. The lowest BCUT2D eigenvalue weighted by Crippen LogP contribution is -2.26. The number of halogens is 3. The summed E-state index contributed by atoms with van der Waals surface area (Å²) in [5.74, 6) is 0.569. The largest absolute Gasteiger partial charge is 0.441 e. The molecule has 1 heterocycles. The Balaban J connectivity index is 1.62.